The van der Waals surface area contributed by atoms with Gasteiger partial charge in [-0.05, 0) is 49.6 Å². The molecule has 142 valence electrons. The highest BCUT2D eigenvalue weighted by atomic mass is 79.9. The van der Waals surface area contributed by atoms with E-state index in [1.54, 1.807) is 12.3 Å². The number of nitrogens with zero attached hydrogens (tertiary/aromatic N) is 2. The zero-order valence-corrected chi connectivity index (χ0v) is 16.6. The Morgan fingerprint density at radius 3 is 2.81 bits per heavy atom. The Morgan fingerprint density at radius 1 is 1.22 bits per heavy atom. The van der Waals surface area contributed by atoms with Crippen molar-refractivity contribution in [2.24, 2.45) is 0 Å². The number of nitrogens with one attached hydrogen (secondary N) is 2. The maximum absolute atomic E-state index is 12.1. The summed E-state index contributed by atoms with van der Waals surface area (Å²) in [6, 6.07) is 9.92. The van der Waals surface area contributed by atoms with E-state index in [0.29, 0.717) is 29.9 Å². The number of anilines is 1. The standard InChI is InChI=1S/C20H23BrN4O2/c21-15-2-5-18(26)14(9-15)11-22-17-7-8-25(12-17)19-6-1-13(10-23-19)20(27)24-16-3-4-16/h1-2,5-6,9-10,16-17,22,26H,3-4,7-8,11-12H2,(H,24,27)/t17-/m0/s1. The minimum Gasteiger partial charge on any atom is -0.508 e. The number of aromatic nitrogens is 1. The fraction of sp³-hybridized carbons (Fsp3) is 0.400. The maximum Gasteiger partial charge on any atom is 0.253 e. The van der Waals surface area contributed by atoms with Crippen molar-refractivity contribution in [3.63, 3.8) is 0 Å². The van der Waals surface area contributed by atoms with Gasteiger partial charge in [-0.1, -0.05) is 15.9 Å². The summed E-state index contributed by atoms with van der Waals surface area (Å²) in [6.07, 6.45) is 4.84. The molecule has 2 aliphatic rings. The number of hydrogen-bond acceptors (Lipinski definition) is 5. The zero-order chi connectivity index (χ0) is 18.8. The summed E-state index contributed by atoms with van der Waals surface area (Å²) in [5, 5.41) is 16.4. The lowest BCUT2D eigenvalue weighted by Gasteiger charge is -2.18. The van der Waals surface area contributed by atoms with E-state index in [9.17, 15) is 9.90 Å². The highest BCUT2D eigenvalue weighted by Gasteiger charge is 2.25. The fourth-order valence-electron chi connectivity index (χ4n) is 3.29. The van der Waals surface area contributed by atoms with Gasteiger partial charge in [-0.25, -0.2) is 4.98 Å². The topological polar surface area (TPSA) is 77.5 Å². The molecule has 6 nitrogen and oxygen atoms in total. The molecule has 1 saturated carbocycles. The van der Waals surface area contributed by atoms with Crippen LogP contribution in [0.15, 0.2) is 41.0 Å². The molecule has 4 rings (SSSR count). The molecule has 1 aromatic carbocycles. The molecule has 1 saturated heterocycles. The first-order valence-corrected chi connectivity index (χ1v) is 10.1. The summed E-state index contributed by atoms with van der Waals surface area (Å²) in [7, 11) is 0. The first-order chi connectivity index (χ1) is 13.1. The third-order valence-corrected chi connectivity index (χ3v) is 5.55. The number of phenolic OH excluding ortho intramolecular Hbond substituents is 1. The fourth-order valence-corrected chi connectivity index (χ4v) is 3.70. The molecule has 7 heteroatoms. The SMILES string of the molecule is O=C(NC1CC1)c1ccc(N2CC[C@H](NCc3cc(Br)ccc3O)C2)nc1. The van der Waals surface area contributed by atoms with Crippen LogP contribution < -0.4 is 15.5 Å². The number of carbonyl (C=O) groups excluding carboxylic acids is 1. The van der Waals surface area contributed by atoms with Crippen molar-refractivity contribution in [1.29, 1.82) is 0 Å². The van der Waals surface area contributed by atoms with Gasteiger partial charge in [0.05, 0.1) is 5.56 Å². The second kappa shape index (κ2) is 7.86. The monoisotopic (exact) mass is 430 g/mol. The van der Waals surface area contributed by atoms with Gasteiger partial charge in [-0.3, -0.25) is 4.79 Å². The van der Waals surface area contributed by atoms with E-state index in [-0.39, 0.29) is 5.91 Å². The van der Waals surface area contributed by atoms with Crippen molar-refractivity contribution in [2.75, 3.05) is 18.0 Å². The molecule has 0 unspecified atom stereocenters. The molecule has 1 aromatic heterocycles. The van der Waals surface area contributed by atoms with E-state index >= 15 is 0 Å². The van der Waals surface area contributed by atoms with Gasteiger partial charge in [0.1, 0.15) is 11.6 Å². The minimum absolute atomic E-state index is 0.0358. The van der Waals surface area contributed by atoms with E-state index in [1.165, 1.54) is 0 Å². The van der Waals surface area contributed by atoms with Crippen molar-refractivity contribution < 1.29 is 9.90 Å². The van der Waals surface area contributed by atoms with Crippen LogP contribution in [0.2, 0.25) is 0 Å². The molecule has 3 N–H and O–H groups in total. The molecular weight excluding hydrogens is 408 g/mol. The van der Waals surface area contributed by atoms with Gasteiger partial charge in [0, 0.05) is 48.0 Å². The second-order valence-electron chi connectivity index (χ2n) is 7.24. The third-order valence-electron chi connectivity index (χ3n) is 5.06. The van der Waals surface area contributed by atoms with Crippen molar-refractivity contribution in [3.8, 4) is 5.75 Å². The summed E-state index contributed by atoms with van der Waals surface area (Å²) in [5.74, 6) is 1.17. The Hall–Kier alpha value is -2.12. The Labute approximate surface area is 167 Å². The van der Waals surface area contributed by atoms with Gasteiger partial charge in [-0.2, -0.15) is 0 Å². The molecule has 2 aromatic rings. The average Bonchev–Trinajstić information content (AvgIpc) is 3.36. The summed E-state index contributed by atoms with van der Waals surface area (Å²) in [6.45, 7) is 2.40. The smallest absolute Gasteiger partial charge is 0.253 e. The first-order valence-electron chi connectivity index (χ1n) is 9.31. The van der Waals surface area contributed by atoms with Crippen LogP contribution in [0.25, 0.3) is 0 Å². The van der Waals surface area contributed by atoms with Crippen molar-refractivity contribution in [3.05, 3.63) is 52.1 Å². The number of carbonyl (C=O) groups is 1. The van der Waals surface area contributed by atoms with Crippen molar-refractivity contribution in [1.82, 2.24) is 15.6 Å². The van der Waals surface area contributed by atoms with Crippen LogP contribution in [0.4, 0.5) is 5.82 Å². The lowest BCUT2D eigenvalue weighted by Crippen LogP contribution is -2.32. The Kier molecular flexibility index (Phi) is 5.31. The zero-order valence-electron chi connectivity index (χ0n) is 15.0. The number of pyridine rings is 1. The van der Waals surface area contributed by atoms with Crippen LogP contribution in [0, 0.1) is 0 Å². The normalized spacial score (nSPS) is 19.3. The van der Waals surface area contributed by atoms with Crippen LogP contribution in [0.3, 0.4) is 0 Å². The molecule has 1 aliphatic carbocycles. The molecular formula is C20H23BrN4O2. The minimum atomic E-state index is -0.0358. The van der Waals surface area contributed by atoms with Crippen LogP contribution in [-0.2, 0) is 6.54 Å². The molecule has 2 heterocycles. The lowest BCUT2D eigenvalue weighted by molar-refractivity contribution is 0.0950. The molecule has 0 spiro atoms. The Morgan fingerprint density at radius 2 is 2.07 bits per heavy atom. The summed E-state index contributed by atoms with van der Waals surface area (Å²) >= 11 is 3.44. The van der Waals surface area contributed by atoms with E-state index in [1.807, 2.05) is 24.3 Å². The van der Waals surface area contributed by atoms with Gasteiger partial charge in [0.25, 0.3) is 5.91 Å². The molecule has 27 heavy (non-hydrogen) atoms. The van der Waals surface area contributed by atoms with E-state index < -0.39 is 0 Å². The van der Waals surface area contributed by atoms with Gasteiger partial charge >= 0.3 is 0 Å². The van der Waals surface area contributed by atoms with Crippen molar-refractivity contribution in [2.45, 2.75) is 37.9 Å². The number of rotatable bonds is 6. The number of phenols is 1. The highest BCUT2D eigenvalue weighted by molar-refractivity contribution is 9.10. The molecule has 2 fully saturated rings. The third kappa shape index (κ3) is 4.59. The number of amides is 1. The van der Waals surface area contributed by atoms with Gasteiger partial charge in [0.2, 0.25) is 0 Å². The summed E-state index contributed by atoms with van der Waals surface area (Å²) < 4.78 is 0.958. The van der Waals surface area contributed by atoms with Crippen molar-refractivity contribution >= 4 is 27.7 Å². The van der Waals surface area contributed by atoms with Gasteiger partial charge < -0.3 is 20.6 Å². The molecule has 0 bridgehead atoms. The molecule has 0 radical (unpaired) electrons. The number of benzene rings is 1. The van der Waals surface area contributed by atoms with E-state index in [2.05, 4.69) is 36.4 Å². The molecule has 1 atom stereocenters. The summed E-state index contributed by atoms with van der Waals surface area (Å²) in [5.41, 5.74) is 1.50. The number of hydrogen-bond donors (Lipinski definition) is 3. The summed E-state index contributed by atoms with van der Waals surface area (Å²) in [4.78, 5) is 18.8. The van der Waals surface area contributed by atoms with Gasteiger partial charge in [0.15, 0.2) is 0 Å². The maximum atomic E-state index is 12.1. The van der Waals surface area contributed by atoms with Crippen LogP contribution >= 0.6 is 15.9 Å². The Balaban J connectivity index is 1.31. The largest absolute Gasteiger partial charge is 0.508 e. The van der Waals surface area contributed by atoms with Crippen LogP contribution in [-0.4, -0.2) is 41.2 Å². The average molecular weight is 431 g/mol. The first kappa shape index (κ1) is 18.3. The van der Waals surface area contributed by atoms with Crippen LogP contribution in [0.1, 0.15) is 35.2 Å². The lowest BCUT2D eigenvalue weighted by atomic mass is 10.2. The predicted molar refractivity (Wildman–Crippen MR) is 108 cm³/mol. The molecule has 1 amide bonds. The van der Waals surface area contributed by atoms with Crippen LogP contribution in [0.5, 0.6) is 5.75 Å². The number of aromatic hydroxyl groups is 1. The predicted octanol–water partition coefficient (Wildman–Crippen LogP) is 2.81. The second-order valence-corrected chi connectivity index (χ2v) is 8.15. The van der Waals surface area contributed by atoms with E-state index in [4.69, 9.17) is 0 Å². The quantitative estimate of drug-likeness (QED) is 0.656. The Bertz CT molecular complexity index is 823. The highest BCUT2D eigenvalue weighted by Crippen LogP contribution is 2.23. The molecule has 1 aliphatic heterocycles. The van der Waals surface area contributed by atoms with E-state index in [0.717, 1.165) is 48.2 Å². The number of halogens is 1. The van der Waals surface area contributed by atoms with Gasteiger partial charge in [-0.15, -0.1) is 0 Å².